The minimum Gasteiger partial charge on any atom is -0.444 e. The first-order valence-electron chi connectivity index (χ1n) is 8.86. The summed E-state index contributed by atoms with van der Waals surface area (Å²) in [5, 5.41) is 0. The molecular weight excluding hydrogens is 316 g/mol. The number of aliphatic imine (C=N–C) groups is 1. The lowest BCUT2D eigenvalue weighted by Gasteiger charge is -2.44. The fourth-order valence-corrected chi connectivity index (χ4v) is 4.87. The maximum atomic E-state index is 13.3. The second-order valence-electron chi connectivity index (χ2n) is 8.49. The van der Waals surface area contributed by atoms with E-state index in [1.807, 2.05) is 52.8 Å². The van der Waals surface area contributed by atoms with Gasteiger partial charge in [-0.05, 0) is 45.7 Å². The molecule has 2 fully saturated rings. The van der Waals surface area contributed by atoms with Crippen LogP contribution in [0.3, 0.4) is 0 Å². The first-order chi connectivity index (χ1) is 11.6. The van der Waals surface area contributed by atoms with Crippen molar-refractivity contribution in [1.29, 1.82) is 0 Å². The van der Waals surface area contributed by atoms with E-state index in [9.17, 15) is 9.59 Å². The molecular formula is C20H24N2O3. The topological polar surface area (TPSA) is 59.0 Å². The number of ether oxygens (including phenoxy) is 1. The van der Waals surface area contributed by atoms with E-state index in [1.165, 1.54) is 0 Å². The fourth-order valence-electron chi connectivity index (χ4n) is 4.87. The van der Waals surface area contributed by atoms with Gasteiger partial charge < -0.3 is 4.74 Å². The number of benzene rings is 1. The Bertz CT molecular complexity index is 822. The first kappa shape index (κ1) is 16.3. The van der Waals surface area contributed by atoms with Crippen molar-refractivity contribution in [1.82, 2.24) is 4.90 Å². The Morgan fingerprint density at radius 1 is 1.32 bits per heavy atom. The highest BCUT2D eigenvalue weighted by molar-refractivity contribution is 6.29. The van der Waals surface area contributed by atoms with Crippen LogP contribution in [0.1, 0.15) is 46.6 Å². The van der Waals surface area contributed by atoms with Gasteiger partial charge in [-0.3, -0.25) is 14.7 Å². The van der Waals surface area contributed by atoms with Crippen LogP contribution in [0.25, 0.3) is 0 Å². The summed E-state index contributed by atoms with van der Waals surface area (Å²) in [5.41, 5.74) is 0.860. The van der Waals surface area contributed by atoms with Gasteiger partial charge in [0.2, 0.25) is 0 Å². The molecule has 0 radical (unpaired) electrons. The molecule has 2 heterocycles. The van der Waals surface area contributed by atoms with Crippen molar-refractivity contribution >= 4 is 23.3 Å². The van der Waals surface area contributed by atoms with Crippen molar-refractivity contribution < 1.29 is 14.3 Å². The Morgan fingerprint density at radius 3 is 2.68 bits per heavy atom. The number of rotatable bonds is 0. The minimum absolute atomic E-state index is 0.0594. The van der Waals surface area contributed by atoms with E-state index in [-0.39, 0.29) is 17.1 Å². The molecule has 3 aliphatic rings. The van der Waals surface area contributed by atoms with Crippen molar-refractivity contribution in [2.75, 3.05) is 6.54 Å². The molecule has 0 spiro atoms. The fraction of sp³-hybridized carbons (Fsp3) is 0.550. The number of likely N-dealkylation sites (tertiary alicyclic amines) is 1. The molecule has 5 nitrogen and oxygen atoms in total. The van der Waals surface area contributed by atoms with Crippen molar-refractivity contribution in [3.63, 3.8) is 0 Å². The average Bonchev–Trinajstić information content (AvgIpc) is 2.92. The van der Waals surface area contributed by atoms with Crippen LogP contribution < -0.4 is 0 Å². The third kappa shape index (κ3) is 1.87. The molecule has 132 valence electrons. The molecule has 1 saturated carbocycles. The second-order valence-corrected chi connectivity index (χ2v) is 8.49. The lowest BCUT2D eigenvalue weighted by molar-refractivity contribution is -0.127. The van der Waals surface area contributed by atoms with Gasteiger partial charge in [-0.2, -0.15) is 0 Å². The number of hydrogen-bond acceptors (Lipinski definition) is 4. The van der Waals surface area contributed by atoms with E-state index in [2.05, 4.69) is 6.07 Å². The van der Waals surface area contributed by atoms with Crippen LogP contribution in [0.2, 0.25) is 0 Å². The summed E-state index contributed by atoms with van der Waals surface area (Å²) in [6.07, 6.45) is 0.259. The molecule has 3 atom stereocenters. The summed E-state index contributed by atoms with van der Waals surface area (Å²) in [7, 11) is 0. The van der Waals surface area contributed by atoms with Gasteiger partial charge in [0.25, 0.3) is 0 Å². The Labute approximate surface area is 148 Å². The molecule has 1 unspecified atom stereocenters. The van der Waals surface area contributed by atoms with Gasteiger partial charge in [0.05, 0.1) is 11.4 Å². The van der Waals surface area contributed by atoms with Gasteiger partial charge in [-0.1, -0.05) is 25.1 Å². The van der Waals surface area contributed by atoms with Gasteiger partial charge in [-0.25, -0.2) is 4.79 Å². The minimum atomic E-state index is -1.03. The summed E-state index contributed by atoms with van der Waals surface area (Å²) >= 11 is 0. The summed E-state index contributed by atoms with van der Waals surface area (Å²) in [6, 6.07) is 8.03. The maximum absolute atomic E-state index is 13.3. The molecule has 5 heteroatoms. The zero-order valence-corrected chi connectivity index (χ0v) is 15.4. The van der Waals surface area contributed by atoms with E-state index < -0.39 is 17.2 Å². The van der Waals surface area contributed by atoms with Crippen LogP contribution >= 0.6 is 0 Å². The first-order valence-corrected chi connectivity index (χ1v) is 8.86. The van der Waals surface area contributed by atoms with Crippen molar-refractivity contribution in [3.8, 4) is 0 Å². The van der Waals surface area contributed by atoms with Crippen LogP contribution in [-0.2, 0) is 14.9 Å². The number of fused-ring (bicyclic) bond motifs is 1. The largest absolute Gasteiger partial charge is 0.444 e. The maximum Gasteiger partial charge on any atom is 0.411 e. The molecule has 25 heavy (non-hydrogen) atoms. The smallest absolute Gasteiger partial charge is 0.411 e. The standard InChI is InChI=1S/C20H24N2O3/c1-12-15(23)19(5)16-20(12,13-8-6-7-9-14(13)21-16)10-11-22(19)17(24)25-18(2,3)4/h6-9,12H,10-11H2,1-5H3/t12-,19-,20?/m1/s1. The Morgan fingerprint density at radius 2 is 2.00 bits per heavy atom. The highest BCUT2D eigenvalue weighted by atomic mass is 16.6. The molecule has 2 bridgehead atoms. The molecule has 1 aromatic carbocycles. The number of carbonyl (C=O) groups is 2. The van der Waals surface area contributed by atoms with Crippen LogP contribution in [0.5, 0.6) is 0 Å². The molecule has 0 aromatic heterocycles. The van der Waals surface area contributed by atoms with Gasteiger partial charge in [0, 0.05) is 17.9 Å². The normalized spacial score (nSPS) is 33.0. The van der Waals surface area contributed by atoms with Gasteiger partial charge in [-0.15, -0.1) is 0 Å². The number of nitrogens with zero attached hydrogens (tertiary/aromatic N) is 2. The van der Waals surface area contributed by atoms with E-state index in [0.717, 1.165) is 17.0 Å². The number of hydrogen-bond donors (Lipinski definition) is 0. The predicted molar refractivity (Wildman–Crippen MR) is 95.3 cm³/mol. The lowest BCUT2D eigenvalue weighted by Crippen LogP contribution is -2.62. The van der Waals surface area contributed by atoms with Crippen molar-refractivity contribution in [3.05, 3.63) is 29.8 Å². The number of amides is 1. The Kier molecular flexibility index (Phi) is 3.07. The quantitative estimate of drug-likeness (QED) is 0.724. The third-order valence-corrected chi connectivity index (χ3v) is 6.00. The second kappa shape index (κ2) is 4.71. The summed E-state index contributed by atoms with van der Waals surface area (Å²) < 4.78 is 5.58. The Hall–Kier alpha value is -2.17. The molecule has 1 aliphatic carbocycles. The average molecular weight is 340 g/mol. The molecule has 0 N–H and O–H groups in total. The highest BCUT2D eigenvalue weighted by Crippen LogP contribution is 2.59. The molecule has 4 rings (SSSR count). The number of para-hydroxylation sites is 1. The van der Waals surface area contributed by atoms with Crippen molar-refractivity contribution in [2.24, 2.45) is 10.9 Å². The van der Waals surface area contributed by atoms with Crippen LogP contribution in [0.4, 0.5) is 10.5 Å². The summed E-state index contributed by atoms with van der Waals surface area (Å²) in [4.78, 5) is 32.5. The lowest BCUT2D eigenvalue weighted by atomic mass is 9.68. The van der Waals surface area contributed by atoms with Crippen LogP contribution in [0.15, 0.2) is 29.3 Å². The summed E-state index contributed by atoms with van der Waals surface area (Å²) in [5.74, 6) is -0.142. The van der Waals surface area contributed by atoms with Gasteiger partial charge >= 0.3 is 6.09 Å². The van der Waals surface area contributed by atoms with E-state index in [0.29, 0.717) is 13.0 Å². The monoisotopic (exact) mass is 340 g/mol. The molecule has 1 amide bonds. The van der Waals surface area contributed by atoms with Gasteiger partial charge in [0.1, 0.15) is 11.1 Å². The zero-order valence-electron chi connectivity index (χ0n) is 15.4. The van der Waals surface area contributed by atoms with E-state index in [4.69, 9.17) is 9.73 Å². The van der Waals surface area contributed by atoms with E-state index >= 15 is 0 Å². The third-order valence-electron chi connectivity index (χ3n) is 6.00. The summed E-state index contributed by atoms with van der Waals surface area (Å²) in [6.45, 7) is 9.82. The zero-order chi connectivity index (χ0) is 18.2. The number of piperidine rings is 1. The highest BCUT2D eigenvalue weighted by Gasteiger charge is 2.70. The van der Waals surface area contributed by atoms with Gasteiger partial charge in [0.15, 0.2) is 5.78 Å². The Balaban J connectivity index is 1.84. The van der Waals surface area contributed by atoms with Crippen LogP contribution in [-0.4, -0.2) is 40.2 Å². The number of ketones is 1. The number of Topliss-reactive ketones (excluding diaryl/α,β-unsaturated/α-hetero) is 1. The predicted octanol–water partition coefficient (Wildman–Crippen LogP) is 3.63. The van der Waals surface area contributed by atoms with E-state index in [1.54, 1.807) is 4.90 Å². The molecule has 1 aromatic rings. The van der Waals surface area contributed by atoms with Crippen molar-refractivity contribution in [2.45, 2.75) is 57.6 Å². The molecule has 2 aliphatic heterocycles. The van der Waals surface area contributed by atoms with Crippen LogP contribution in [0, 0.1) is 5.92 Å². The number of carbonyl (C=O) groups excluding carboxylic acids is 2. The SMILES string of the molecule is C[C@@H]1C(=O)[C@]2(C)C3=Nc4ccccc4C31CCN2C(=O)OC(C)(C)C. The molecule has 1 saturated heterocycles.